The fourth-order valence-electron chi connectivity index (χ4n) is 1.12. The molecule has 7 heteroatoms. The molecule has 0 radical (unpaired) electrons. The molecule has 1 heterocycles. The maximum Gasteiger partial charge on any atom is 0.279 e. The van der Waals surface area contributed by atoms with Gasteiger partial charge in [-0.25, -0.2) is 4.63 Å². The quantitative estimate of drug-likeness (QED) is 0.630. The lowest BCUT2D eigenvalue weighted by atomic mass is 10.3. The smallest absolute Gasteiger partial charge is 0.279 e. The molecule has 1 amide bonds. The number of carbonyl (C=O) groups excluding carboxylic acids is 1. The number of aromatic nitrogens is 2. The van der Waals surface area contributed by atoms with E-state index in [-0.39, 0.29) is 17.4 Å². The van der Waals surface area contributed by atoms with E-state index in [1.54, 1.807) is 7.05 Å². The van der Waals surface area contributed by atoms with Gasteiger partial charge in [0.25, 0.3) is 5.91 Å². The highest BCUT2D eigenvalue weighted by molar-refractivity contribution is 5.95. The lowest BCUT2D eigenvalue weighted by molar-refractivity contribution is 0.0783. The van der Waals surface area contributed by atoms with Crippen LogP contribution in [0.5, 0.6) is 0 Å². The van der Waals surface area contributed by atoms with Crippen LogP contribution in [0.3, 0.4) is 0 Å². The number of nitrogens with zero attached hydrogens (tertiary/aromatic N) is 3. The predicted octanol–water partition coefficient (Wildman–Crippen LogP) is -0.667. The molecule has 0 aliphatic heterocycles. The summed E-state index contributed by atoms with van der Waals surface area (Å²) in [6.45, 7) is 1.48. The van der Waals surface area contributed by atoms with Crippen LogP contribution in [-0.2, 0) is 0 Å². The van der Waals surface area contributed by atoms with E-state index in [1.165, 1.54) is 4.90 Å². The molecule has 0 spiro atoms. The number of nitrogens with two attached hydrogens (primary N) is 1. The molecule has 0 atom stereocenters. The Morgan fingerprint density at radius 2 is 2.33 bits per heavy atom. The van der Waals surface area contributed by atoms with Gasteiger partial charge in [-0.05, 0) is 30.3 Å². The lowest BCUT2D eigenvalue weighted by Crippen LogP contribution is -2.30. The maximum absolute atomic E-state index is 11.7. The van der Waals surface area contributed by atoms with Gasteiger partial charge in [-0.1, -0.05) is 0 Å². The summed E-state index contributed by atoms with van der Waals surface area (Å²) in [6.07, 6.45) is 0.865. The van der Waals surface area contributed by atoms with Gasteiger partial charge in [0.2, 0.25) is 11.5 Å². The Kier molecular flexibility index (Phi) is 4.04. The number of anilines is 1. The first kappa shape index (κ1) is 11.4. The first-order valence-electron chi connectivity index (χ1n) is 4.65. The van der Waals surface area contributed by atoms with E-state index < -0.39 is 0 Å². The largest absolute Gasteiger partial charge is 0.379 e. The van der Waals surface area contributed by atoms with Crippen LogP contribution in [0.4, 0.5) is 5.82 Å². The van der Waals surface area contributed by atoms with Crippen LogP contribution in [0, 0.1) is 0 Å². The molecule has 0 aromatic carbocycles. The number of carbonyl (C=O) groups is 1. The SMILES string of the molecule is CNCCCN(C)C(=O)c1nonc1N. The van der Waals surface area contributed by atoms with Gasteiger partial charge in [-0.2, -0.15) is 0 Å². The van der Waals surface area contributed by atoms with E-state index in [2.05, 4.69) is 20.3 Å². The zero-order valence-corrected chi connectivity index (χ0v) is 8.86. The minimum atomic E-state index is -0.273. The van der Waals surface area contributed by atoms with Crippen molar-refractivity contribution in [3.05, 3.63) is 5.69 Å². The average Bonchev–Trinajstić information content (AvgIpc) is 2.63. The third-order valence-electron chi connectivity index (χ3n) is 1.98. The molecule has 0 saturated carbocycles. The Labute approximate surface area is 87.6 Å². The van der Waals surface area contributed by atoms with E-state index >= 15 is 0 Å². The van der Waals surface area contributed by atoms with Gasteiger partial charge >= 0.3 is 0 Å². The van der Waals surface area contributed by atoms with Gasteiger partial charge in [-0.15, -0.1) is 0 Å². The van der Waals surface area contributed by atoms with Crippen molar-refractivity contribution < 1.29 is 9.42 Å². The number of nitrogen functional groups attached to an aromatic ring is 1. The number of rotatable bonds is 5. The molecule has 0 unspecified atom stereocenters. The first-order chi connectivity index (χ1) is 7.16. The van der Waals surface area contributed by atoms with Crippen LogP contribution in [-0.4, -0.2) is 48.3 Å². The van der Waals surface area contributed by atoms with Crippen LogP contribution in [0.15, 0.2) is 4.63 Å². The van der Waals surface area contributed by atoms with Crippen LogP contribution in [0.1, 0.15) is 16.9 Å². The third-order valence-corrected chi connectivity index (χ3v) is 1.98. The fraction of sp³-hybridized carbons (Fsp3) is 0.625. The predicted molar refractivity (Wildman–Crippen MR) is 54.2 cm³/mol. The summed E-state index contributed by atoms with van der Waals surface area (Å²) in [5.41, 5.74) is 5.48. The Morgan fingerprint density at radius 1 is 1.60 bits per heavy atom. The Hall–Kier alpha value is -1.63. The molecule has 0 aliphatic rings. The van der Waals surface area contributed by atoms with Crippen molar-refractivity contribution in [3.63, 3.8) is 0 Å². The van der Waals surface area contributed by atoms with Crippen molar-refractivity contribution in [1.82, 2.24) is 20.5 Å². The number of amides is 1. The summed E-state index contributed by atoms with van der Waals surface area (Å²) in [6, 6.07) is 0. The highest BCUT2D eigenvalue weighted by Crippen LogP contribution is 2.07. The van der Waals surface area contributed by atoms with E-state index in [9.17, 15) is 4.79 Å². The molecule has 0 bridgehead atoms. The van der Waals surface area contributed by atoms with Crippen LogP contribution < -0.4 is 11.1 Å². The fourth-order valence-corrected chi connectivity index (χ4v) is 1.12. The number of nitrogens with one attached hydrogen (secondary N) is 1. The molecule has 1 aromatic rings. The normalized spacial score (nSPS) is 10.3. The molecule has 3 N–H and O–H groups in total. The molecule has 1 aromatic heterocycles. The topological polar surface area (TPSA) is 97.3 Å². The number of hydrogen-bond acceptors (Lipinski definition) is 6. The standard InChI is InChI=1S/C8H15N5O2/c1-10-4-3-5-13(2)8(14)6-7(9)12-15-11-6/h10H,3-5H2,1-2H3,(H2,9,12). The summed E-state index contributed by atoms with van der Waals surface area (Å²) >= 11 is 0. The van der Waals surface area contributed by atoms with E-state index in [4.69, 9.17) is 5.73 Å². The van der Waals surface area contributed by atoms with Crippen LogP contribution in [0.2, 0.25) is 0 Å². The zero-order chi connectivity index (χ0) is 11.3. The lowest BCUT2D eigenvalue weighted by Gasteiger charge is -2.14. The second-order valence-electron chi connectivity index (χ2n) is 3.18. The van der Waals surface area contributed by atoms with Gasteiger partial charge in [-0.3, -0.25) is 4.79 Å². The zero-order valence-electron chi connectivity index (χ0n) is 8.86. The molecule has 7 nitrogen and oxygen atoms in total. The molecule has 15 heavy (non-hydrogen) atoms. The summed E-state index contributed by atoms with van der Waals surface area (Å²) in [5, 5.41) is 9.79. The van der Waals surface area contributed by atoms with Crippen LogP contribution >= 0.6 is 0 Å². The molecule has 0 fully saturated rings. The molecule has 84 valence electrons. The van der Waals surface area contributed by atoms with E-state index in [1.807, 2.05) is 7.05 Å². The van der Waals surface area contributed by atoms with Gasteiger partial charge in [0.05, 0.1) is 0 Å². The van der Waals surface area contributed by atoms with Gasteiger partial charge in [0, 0.05) is 13.6 Å². The van der Waals surface area contributed by atoms with Crippen molar-refractivity contribution >= 4 is 11.7 Å². The molecule has 1 rings (SSSR count). The molecule has 0 aliphatic carbocycles. The van der Waals surface area contributed by atoms with Crippen LogP contribution in [0.25, 0.3) is 0 Å². The van der Waals surface area contributed by atoms with E-state index in [0.717, 1.165) is 13.0 Å². The highest BCUT2D eigenvalue weighted by atomic mass is 16.6. The van der Waals surface area contributed by atoms with Crippen molar-refractivity contribution in [2.45, 2.75) is 6.42 Å². The van der Waals surface area contributed by atoms with Crippen molar-refractivity contribution in [1.29, 1.82) is 0 Å². The summed E-state index contributed by atoms with van der Waals surface area (Å²) in [5.74, 6) is -0.245. The second kappa shape index (κ2) is 5.30. The monoisotopic (exact) mass is 213 g/mol. The minimum absolute atomic E-state index is 0.0282. The maximum atomic E-state index is 11.7. The highest BCUT2D eigenvalue weighted by Gasteiger charge is 2.19. The average molecular weight is 213 g/mol. The molecular weight excluding hydrogens is 198 g/mol. The van der Waals surface area contributed by atoms with Gasteiger partial charge < -0.3 is 16.0 Å². The summed E-state index contributed by atoms with van der Waals surface area (Å²) < 4.78 is 4.36. The second-order valence-corrected chi connectivity index (χ2v) is 3.18. The third kappa shape index (κ3) is 2.91. The Balaban J connectivity index is 2.50. The Morgan fingerprint density at radius 3 is 2.87 bits per heavy atom. The molecule has 0 saturated heterocycles. The van der Waals surface area contributed by atoms with Crippen molar-refractivity contribution in [2.24, 2.45) is 0 Å². The van der Waals surface area contributed by atoms with E-state index in [0.29, 0.717) is 6.54 Å². The van der Waals surface area contributed by atoms with Gasteiger partial charge in [0.1, 0.15) is 0 Å². The summed E-state index contributed by atoms with van der Waals surface area (Å²) in [4.78, 5) is 13.2. The Bertz CT molecular complexity index is 325. The van der Waals surface area contributed by atoms with Gasteiger partial charge in [0.15, 0.2) is 0 Å². The first-order valence-corrected chi connectivity index (χ1v) is 4.65. The van der Waals surface area contributed by atoms with Crippen molar-refractivity contribution in [3.8, 4) is 0 Å². The minimum Gasteiger partial charge on any atom is -0.379 e. The van der Waals surface area contributed by atoms with Crippen molar-refractivity contribution in [2.75, 3.05) is 32.9 Å². The summed E-state index contributed by atoms with van der Waals surface area (Å²) in [7, 11) is 3.55. The molecular formula is C8H15N5O2. The number of hydrogen-bond donors (Lipinski definition) is 2.